The quantitative estimate of drug-likeness (QED) is 0.738. The van der Waals surface area contributed by atoms with Crippen molar-refractivity contribution in [3.8, 4) is 0 Å². The number of rotatable bonds is 4. The molecule has 0 spiro atoms. The summed E-state index contributed by atoms with van der Waals surface area (Å²) in [5.74, 6) is -0.248. The highest BCUT2D eigenvalue weighted by Crippen LogP contribution is 2.60. The first-order valence-electron chi connectivity index (χ1n) is 7.27. The number of fused-ring (bicyclic) bond motifs is 2. The van der Waals surface area contributed by atoms with Crippen LogP contribution in [0.2, 0.25) is 0 Å². The van der Waals surface area contributed by atoms with Crippen molar-refractivity contribution in [2.75, 3.05) is 7.05 Å². The van der Waals surface area contributed by atoms with Crippen LogP contribution in [0.1, 0.15) is 52.9 Å². The van der Waals surface area contributed by atoms with Gasteiger partial charge in [-0.15, -0.1) is 0 Å². The molecule has 0 aromatic rings. The summed E-state index contributed by atoms with van der Waals surface area (Å²) < 4.78 is 0. The lowest BCUT2D eigenvalue weighted by atomic mass is 9.64. The Kier molecular flexibility index (Phi) is 5.19. The van der Waals surface area contributed by atoms with Crippen LogP contribution in [0.5, 0.6) is 0 Å². The van der Waals surface area contributed by atoms with Crippen LogP contribution in [0.3, 0.4) is 0 Å². The van der Waals surface area contributed by atoms with Crippen molar-refractivity contribution in [3.05, 3.63) is 0 Å². The van der Waals surface area contributed by atoms with E-state index >= 15 is 0 Å². The van der Waals surface area contributed by atoms with Crippen molar-refractivity contribution in [2.24, 2.45) is 17.3 Å². The summed E-state index contributed by atoms with van der Waals surface area (Å²) in [5.41, 5.74) is 0.903. The smallest absolute Gasteiger partial charge is 0.303 e. The average Bonchev–Trinajstić information content (AvgIpc) is 2.91. The first kappa shape index (κ1) is 17.0. The van der Waals surface area contributed by atoms with Gasteiger partial charge in [0.05, 0.1) is 12.8 Å². The van der Waals surface area contributed by atoms with Crippen molar-refractivity contribution in [1.29, 1.82) is 0 Å². The predicted molar refractivity (Wildman–Crippen MR) is 76.6 cm³/mol. The zero-order chi connectivity index (χ0) is 15.6. The van der Waals surface area contributed by atoms with Gasteiger partial charge in [-0.3, -0.25) is 9.59 Å². The van der Waals surface area contributed by atoms with Gasteiger partial charge in [0.2, 0.25) is 0 Å². The van der Waals surface area contributed by atoms with Gasteiger partial charge in [0.15, 0.2) is 0 Å². The van der Waals surface area contributed by atoms with Gasteiger partial charge in [-0.1, -0.05) is 13.8 Å². The van der Waals surface area contributed by atoms with E-state index in [-0.39, 0.29) is 12.8 Å². The van der Waals surface area contributed by atoms with Gasteiger partial charge >= 0.3 is 11.9 Å². The molecule has 2 rings (SSSR count). The molecule has 0 aromatic carbocycles. The van der Waals surface area contributed by atoms with E-state index in [0.29, 0.717) is 11.0 Å². The lowest BCUT2D eigenvalue weighted by Gasteiger charge is -2.47. The summed E-state index contributed by atoms with van der Waals surface area (Å²) in [6.45, 7) is 7.29. The standard InChI is InChI=1S/C11H21N.C4H6O4/c1-10(2)8-5-6-9(7-8)11(10,3)12-4;5-3(6)1-2-4(7)8/h8-9,12H,5-7H2,1-4H3;1-2H2,(H,5,6)(H,7,8). The van der Waals surface area contributed by atoms with Crippen molar-refractivity contribution in [1.82, 2.24) is 5.32 Å². The molecule has 5 nitrogen and oxygen atoms in total. The molecular formula is C15H27NO4. The van der Waals surface area contributed by atoms with Crippen molar-refractivity contribution < 1.29 is 19.8 Å². The minimum Gasteiger partial charge on any atom is -0.481 e. The summed E-state index contributed by atoms with van der Waals surface area (Å²) in [6.07, 6.45) is 3.79. The molecule has 2 aliphatic carbocycles. The van der Waals surface area contributed by atoms with Gasteiger partial charge in [0.1, 0.15) is 0 Å². The van der Waals surface area contributed by atoms with Crippen LogP contribution in [0, 0.1) is 17.3 Å². The SMILES string of the molecule is CNC1(C)C2CCC(C2)C1(C)C.O=C(O)CCC(=O)O. The number of carboxylic acid groups (broad SMARTS) is 2. The summed E-state index contributed by atoms with van der Waals surface area (Å²) >= 11 is 0. The van der Waals surface area contributed by atoms with Gasteiger partial charge in [0, 0.05) is 5.54 Å². The second-order valence-electron chi connectivity index (χ2n) is 6.67. The highest BCUT2D eigenvalue weighted by molar-refractivity contribution is 5.75. The second kappa shape index (κ2) is 6.12. The minimum absolute atomic E-state index is 0.296. The van der Waals surface area contributed by atoms with E-state index in [4.69, 9.17) is 10.2 Å². The lowest BCUT2D eigenvalue weighted by molar-refractivity contribution is -0.143. The van der Waals surface area contributed by atoms with E-state index in [9.17, 15) is 9.59 Å². The summed E-state index contributed by atoms with van der Waals surface area (Å²) in [5, 5.41) is 19.4. The molecule has 2 fully saturated rings. The van der Waals surface area contributed by atoms with E-state index < -0.39 is 11.9 Å². The molecule has 0 aliphatic heterocycles. The van der Waals surface area contributed by atoms with Gasteiger partial charge in [-0.25, -0.2) is 0 Å². The predicted octanol–water partition coefficient (Wildman–Crippen LogP) is 2.36. The topological polar surface area (TPSA) is 86.6 Å². The van der Waals surface area contributed by atoms with Crippen LogP contribution in [0.15, 0.2) is 0 Å². The zero-order valence-corrected chi connectivity index (χ0v) is 12.9. The van der Waals surface area contributed by atoms with Crippen LogP contribution in [0.25, 0.3) is 0 Å². The molecule has 3 atom stereocenters. The van der Waals surface area contributed by atoms with Gasteiger partial charge in [-0.05, 0) is 50.5 Å². The second-order valence-corrected chi connectivity index (χ2v) is 6.67. The lowest BCUT2D eigenvalue weighted by Crippen LogP contribution is -2.55. The number of aliphatic carboxylic acids is 2. The Labute approximate surface area is 120 Å². The normalized spacial score (nSPS) is 33.4. The summed E-state index contributed by atoms with van der Waals surface area (Å²) in [6, 6.07) is 0. The zero-order valence-electron chi connectivity index (χ0n) is 12.9. The van der Waals surface area contributed by atoms with Gasteiger partial charge < -0.3 is 15.5 Å². The summed E-state index contributed by atoms with van der Waals surface area (Å²) in [4.78, 5) is 19.3. The Morgan fingerprint density at radius 2 is 1.50 bits per heavy atom. The molecule has 0 heterocycles. The van der Waals surface area contributed by atoms with E-state index in [1.807, 2.05) is 0 Å². The maximum absolute atomic E-state index is 9.64. The van der Waals surface area contributed by atoms with Crippen LogP contribution in [-0.4, -0.2) is 34.7 Å². The monoisotopic (exact) mass is 285 g/mol. The highest BCUT2D eigenvalue weighted by atomic mass is 16.4. The fourth-order valence-electron chi connectivity index (χ4n) is 3.85. The first-order valence-corrected chi connectivity index (χ1v) is 7.27. The molecule has 20 heavy (non-hydrogen) atoms. The number of carbonyl (C=O) groups is 2. The minimum atomic E-state index is -1.08. The Morgan fingerprint density at radius 1 is 1.05 bits per heavy atom. The van der Waals surface area contributed by atoms with Crippen LogP contribution < -0.4 is 5.32 Å². The third-order valence-corrected chi connectivity index (χ3v) is 5.68. The molecule has 0 amide bonds. The molecular weight excluding hydrogens is 258 g/mol. The molecule has 5 heteroatoms. The Balaban J connectivity index is 0.000000221. The molecule has 116 valence electrons. The third-order valence-electron chi connectivity index (χ3n) is 5.68. The molecule has 0 radical (unpaired) electrons. The van der Waals surface area contributed by atoms with Crippen molar-refractivity contribution in [3.63, 3.8) is 0 Å². The number of nitrogens with one attached hydrogen (secondary N) is 1. The molecule has 3 N–H and O–H groups in total. The van der Waals surface area contributed by atoms with E-state index in [0.717, 1.165) is 11.8 Å². The Morgan fingerprint density at radius 3 is 1.75 bits per heavy atom. The Hall–Kier alpha value is -1.10. The number of hydrogen-bond donors (Lipinski definition) is 3. The fraction of sp³-hybridized carbons (Fsp3) is 0.867. The Bertz CT molecular complexity index is 366. The molecule has 3 unspecified atom stereocenters. The van der Waals surface area contributed by atoms with Gasteiger partial charge in [-0.2, -0.15) is 0 Å². The molecule has 2 saturated carbocycles. The molecule has 0 aromatic heterocycles. The largest absolute Gasteiger partial charge is 0.481 e. The number of hydrogen-bond acceptors (Lipinski definition) is 3. The third kappa shape index (κ3) is 3.14. The van der Waals surface area contributed by atoms with E-state index in [2.05, 4.69) is 33.1 Å². The van der Waals surface area contributed by atoms with E-state index in [1.54, 1.807) is 0 Å². The van der Waals surface area contributed by atoms with Crippen molar-refractivity contribution in [2.45, 2.75) is 58.4 Å². The maximum Gasteiger partial charge on any atom is 0.303 e. The molecule has 2 bridgehead atoms. The molecule has 0 saturated heterocycles. The first-order chi connectivity index (χ1) is 9.15. The van der Waals surface area contributed by atoms with Crippen molar-refractivity contribution >= 4 is 11.9 Å². The van der Waals surface area contributed by atoms with Gasteiger partial charge in [0.25, 0.3) is 0 Å². The highest BCUT2D eigenvalue weighted by Gasteiger charge is 2.59. The average molecular weight is 285 g/mol. The molecule has 2 aliphatic rings. The fourth-order valence-corrected chi connectivity index (χ4v) is 3.85. The van der Waals surface area contributed by atoms with Crippen LogP contribution >= 0.6 is 0 Å². The number of carboxylic acids is 2. The van der Waals surface area contributed by atoms with E-state index in [1.165, 1.54) is 19.3 Å². The summed E-state index contributed by atoms with van der Waals surface area (Å²) in [7, 11) is 2.13. The maximum atomic E-state index is 9.64. The van der Waals surface area contributed by atoms with Crippen LogP contribution in [0.4, 0.5) is 0 Å². The van der Waals surface area contributed by atoms with Crippen LogP contribution in [-0.2, 0) is 9.59 Å².